The Balaban J connectivity index is 1.44. The Bertz CT molecular complexity index is 967. The molecule has 1 unspecified atom stereocenters. The zero-order valence-corrected chi connectivity index (χ0v) is 17.1. The molecule has 144 valence electrons. The third kappa shape index (κ3) is 4.13. The van der Waals surface area contributed by atoms with Gasteiger partial charge in [0.25, 0.3) is 5.91 Å². The molecule has 3 aromatic rings. The zero-order chi connectivity index (χ0) is 19.5. The van der Waals surface area contributed by atoms with Crippen LogP contribution in [0.15, 0.2) is 41.8 Å². The average molecular weight is 413 g/mol. The summed E-state index contributed by atoms with van der Waals surface area (Å²) in [5.41, 5.74) is 1.85. The first-order valence-corrected chi connectivity index (χ1v) is 10.8. The molecule has 0 bridgehead atoms. The van der Waals surface area contributed by atoms with E-state index in [1.54, 1.807) is 11.3 Å². The lowest BCUT2D eigenvalue weighted by Crippen LogP contribution is -2.31. The number of anilines is 1. The Labute approximate surface area is 171 Å². The summed E-state index contributed by atoms with van der Waals surface area (Å²) in [5.74, 6) is -0.173. The first-order chi connectivity index (χ1) is 13.6. The molecule has 0 saturated carbocycles. The SMILES string of the molecule is Cc1ccc(NC(=O)c2nnc(C3CCCN3C(=O)Cc3cccs3)s2)cc1. The Morgan fingerprint density at radius 1 is 1.21 bits per heavy atom. The predicted molar refractivity (Wildman–Crippen MR) is 111 cm³/mol. The maximum Gasteiger partial charge on any atom is 0.286 e. The fourth-order valence-electron chi connectivity index (χ4n) is 3.27. The maximum absolute atomic E-state index is 12.7. The first-order valence-electron chi connectivity index (χ1n) is 9.13. The number of hydrogen-bond acceptors (Lipinski definition) is 6. The number of rotatable bonds is 5. The minimum Gasteiger partial charge on any atom is -0.333 e. The van der Waals surface area contributed by atoms with E-state index in [0.717, 1.165) is 40.5 Å². The summed E-state index contributed by atoms with van der Waals surface area (Å²) in [6, 6.07) is 11.4. The highest BCUT2D eigenvalue weighted by atomic mass is 32.1. The van der Waals surface area contributed by atoms with E-state index >= 15 is 0 Å². The maximum atomic E-state index is 12.7. The van der Waals surface area contributed by atoms with Crippen molar-refractivity contribution in [3.05, 3.63) is 62.2 Å². The number of benzene rings is 1. The van der Waals surface area contributed by atoms with Gasteiger partial charge in [-0.25, -0.2) is 0 Å². The molecule has 1 atom stereocenters. The van der Waals surface area contributed by atoms with Crippen molar-refractivity contribution < 1.29 is 9.59 Å². The van der Waals surface area contributed by atoms with E-state index in [1.807, 2.05) is 53.6 Å². The molecule has 0 aliphatic carbocycles. The molecule has 8 heteroatoms. The van der Waals surface area contributed by atoms with Crippen LogP contribution < -0.4 is 5.32 Å². The van der Waals surface area contributed by atoms with Gasteiger partial charge in [0.1, 0.15) is 5.01 Å². The van der Waals surface area contributed by atoms with Crippen molar-refractivity contribution in [3.8, 4) is 0 Å². The van der Waals surface area contributed by atoms with E-state index in [9.17, 15) is 9.59 Å². The van der Waals surface area contributed by atoms with Crippen molar-refractivity contribution in [1.82, 2.24) is 15.1 Å². The van der Waals surface area contributed by atoms with E-state index in [0.29, 0.717) is 11.4 Å². The molecule has 1 aliphatic heterocycles. The molecule has 6 nitrogen and oxygen atoms in total. The van der Waals surface area contributed by atoms with Crippen LogP contribution in [0.5, 0.6) is 0 Å². The van der Waals surface area contributed by atoms with Gasteiger partial charge in [0.05, 0.1) is 12.5 Å². The molecule has 1 saturated heterocycles. The predicted octanol–water partition coefficient (Wildman–Crippen LogP) is 4.07. The van der Waals surface area contributed by atoms with Crippen LogP contribution in [0.3, 0.4) is 0 Å². The van der Waals surface area contributed by atoms with Crippen LogP contribution in [0.25, 0.3) is 0 Å². The van der Waals surface area contributed by atoms with Gasteiger partial charge < -0.3 is 10.2 Å². The van der Waals surface area contributed by atoms with Gasteiger partial charge in [-0.05, 0) is 43.3 Å². The van der Waals surface area contributed by atoms with Gasteiger partial charge in [-0.3, -0.25) is 9.59 Å². The van der Waals surface area contributed by atoms with E-state index in [4.69, 9.17) is 0 Å². The van der Waals surface area contributed by atoms with Crippen LogP contribution in [0.1, 0.15) is 44.1 Å². The summed E-state index contributed by atoms with van der Waals surface area (Å²) in [6.07, 6.45) is 2.20. The second-order valence-corrected chi connectivity index (χ2v) is 8.81. The van der Waals surface area contributed by atoms with Crippen LogP contribution in [0.2, 0.25) is 0 Å². The Morgan fingerprint density at radius 2 is 2.04 bits per heavy atom. The topological polar surface area (TPSA) is 75.2 Å². The van der Waals surface area contributed by atoms with Crippen LogP contribution in [0, 0.1) is 6.92 Å². The van der Waals surface area contributed by atoms with Crippen molar-refractivity contribution in [1.29, 1.82) is 0 Å². The molecular weight excluding hydrogens is 392 g/mol. The summed E-state index contributed by atoms with van der Waals surface area (Å²) in [7, 11) is 0. The largest absolute Gasteiger partial charge is 0.333 e. The first kappa shape index (κ1) is 18.8. The quantitative estimate of drug-likeness (QED) is 0.686. The fourth-order valence-corrected chi connectivity index (χ4v) is 4.85. The van der Waals surface area contributed by atoms with Gasteiger partial charge in [0, 0.05) is 17.1 Å². The van der Waals surface area contributed by atoms with Crippen LogP contribution in [-0.2, 0) is 11.2 Å². The summed E-state index contributed by atoms with van der Waals surface area (Å²) >= 11 is 2.86. The third-order valence-electron chi connectivity index (χ3n) is 4.71. The van der Waals surface area contributed by atoms with Crippen molar-refractivity contribution in [3.63, 3.8) is 0 Å². The molecule has 2 amide bonds. The summed E-state index contributed by atoms with van der Waals surface area (Å²) in [6.45, 7) is 2.72. The highest BCUT2D eigenvalue weighted by molar-refractivity contribution is 7.13. The smallest absolute Gasteiger partial charge is 0.286 e. The van der Waals surface area contributed by atoms with Crippen molar-refractivity contribution in [2.75, 3.05) is 11.9 Å². The number of aromatic nitrogens is 2. The van der Waals surface area contributed by atoms with E-state index < -0.39 is 0 Å². The molecule has 0 radical (unpaired) electrons. The summed E-state index contributed by atoms with van der Waals surface area (Å²) in [4.78, 5) is 28.1. The number of aryl methyl sites for hydroxylation is 1. The van der Waals surface area contributed by atoms with Gasteiger partial charge in [-0.2, -0.15) is 0 Å². The monoisotopic (exact) mass is 412 g/mol. The minimum atomic E-state index is -0.276. The highest BCUT2D eigenvalue weighted by Crippen LogP contribution is 2.34. The van der Waals surface area contributed by atoms with E-state index in [1.165, 1.54) is 11.3 Å². The number of likely N-dealkylation sites (tertiary alicyclic amines) is 1. The number of hydrogen-bond donors (Lipinski definition) is 1. The standard InChI is InChI=1S/C20H20N4O2S2/c1-13-6-8-14(9-7-13)21-18(26)20-23-22-19(28-20)16-5-2-10-24(16)17(25)12-15-4-3-11-27-15/h3-4,6-9,11,16H,2,5,10,12H2,1H3,(H,21,26). The minimum absolute atomic E-state index is 0.0918. The van der Waals surface area contributed by atoms with Gasteiger partial charge in [0.15, 0.2) is 0 Å². The van der Waals surface area contributed by atoms with Crippen molar-refractivity contribution in [2.45, 2.75) is 32.2 Å². The molecule has 1 fully saturated rings. The van der Waals surface area contributed by atoms with E-state index in [2.05, 4.69) is 15.5 Å². The van der Waals surface area contributed by atoms with Crippen LogP contribution in [-0.4, -0.2) is 33.5 Å². The van der Waals surface area contributed by atoms with Gasteiger partial charge in [0.2, 0.25) is 10.9 Å². The van der Waals surface area contributed by atoms with Crippen LogP contribution in [0.4, 0.5) is 5.69 Å². The summed E-state index contributed by atoms with van der Waals surface area (Å²) < 4.78 is 0. The van der Waals surface area contributed by atoms with Gasteiger partial charge in [-0.15, -0.1) is 21.5 Å². The fraction of sp³-hybridized carbons (Fsp3) is 0.300. The molecule has 4 rings (SSSR count). The van der Waals surface area contributed by atoms with Gasteiger partial charge in [-0.1, -0.05) is 35.1 Å². The Hall–Kier alpha value is -2.58. The number of nitrogens with zero attached hydrogens (tertiary/aromatic N) is 3. The lowest BCUT2D eigenvalue weighted by Gasteiger charge is -2.22. The Kier molecular flexibility index (Phi) is 5.50. The molecule has 2 aromatic heterocycles. The van der Waals surface area contributed by atoms with Gasteiger partial charge >= 0.3 is 0 Å². The molecule has 1 N–H and O–H groups in total. The molecule has 0 spiro atoms. The summed E-state index contributed by atoms with van der Waals surface area (Å²) in [5, 5.41) is 14.1. The average Bonchev–Trinajstić information content (AvgIpc) is 3.44. The molecule has 1 aromatic carbocycles. The number of carbonyl (C=O) groups is 2. The highest BCUT2D eigenvalue weighted by Gasteiger charge is 2.33. The number of amides is 2. The molecule has 3 heterocycles. The number of carbonyl (C=O) groups excluding carboxylic acids is 2. The van der Waals surface area contributed by atoms with E-state index in [-0.39, 0.29) is 17.9 Å². The van der Waals surface area contributed by atoms with Crippen LogP contribution >= 0.6 is 22.7 Å². The Morgan fingerprint density at radius 3 is 2.79 bits per heavy atom. The molecule has 28 heavy (non-hydrogen) atoms. The van der Waals surface area contributed by atoms with Crippen molar-refractivity contribution in [2.24, 2.45) is 0 Å². The molecule has 1 aliphatic rings. The second kappa shape index (κ2) is 8.20. The normalized spacial score (nSPS) is 16.3. The lowest BCUT2D eigenvalue weighted by molar-refractivity contribution is -0.131. The third-order valence-corrected chi connectivity index (χ3v) is 6.61. The number of nitrogens with one attached hydrogen (secondary N) is 1. The second-order valence-electron chi connectivity index (χ2n) is 6.77. The number of thiophene rings is 1. The lowest BCUT2D eigenvalue weighted by atomic mass is 10.2. The molecular formula is C20H20N4O2S2. The zero-order valence-electron chi connectivity index (χ0n) is 15.4. The van der Waals surface area contributed by atoms with Crippen molar-refractivity contribution >= 4 is 40.2 Å².